The van der Waals surface area contributed by atoms with E-state index in [9.17, 15) is 51.8 Å². The number of rotatable bonds is 7. The Kier molecular flexibility index (Phi) is 6.11. The average molecular weight is 374 g/mol. The first kappa shape index (κ1) is 20.8. The summed E-state index contributed by atoms with van der Waals surface area (Å²) in [6.45, 7) is -2.10. The minimum absolute atomic E-state index is 1.97. The second-order valence-corrected chi connectivity index (χ2v) is 4.82. The molecule has 0 amide bonds. The highest BCUT2D eigenvalue weighted by Gasteiger charge is 2.76. The smallest absolute Gasteiger partial charge is 0.398 e. The standard InChI is InChI=1S/C7H4F10O4S/c8-3(9)4(10)21-7(15,16)5(11,6(12,13)14)20-1-2-22(17,18)19/h1-2H2. The maximum atomic E-state index is 13.3. The van der Waals surface area contributed by atoms with Gasteiger partial charge >= 0.3 is 40.5 Å². The Bertz CT molecular complexity index is 522. The highest BCUT2D eigenvalue weighted by Crippen LogP contribution is 2.48. The quantitative estimate of drug-likeness (QED) is 0.390. The number of halogens is 10. The second-order valence-electron chi connectivity index (χ2n) is 3.34. The van der Waals surface area contributed by atoms with Gasteiger partial charge in [0, 0.05) is 0 Å². The predicted octanol–water partition coefficient (Wildman–Crippen LogP) is 3.17. The lowest BCUT2D eigenvalue weighted by Gasteiger charge is -2.32. The number of alkyl halides is 6. The summed E-state index contributed by atoms with van der Waals surface area (Å²) in [7, 11) is -5.52. The first-order chi connectivity index (χ1) is 9.53. The third kappa shape index (κ3) is 5.19. The molecular weight excluding hydrogens is 370 g/mol. The van der Waals surface area contributed by atoms with Gasteiger partial charge in [0.25, 0.3) is 0 Å². The van der Waals surface area contributed by atoms with Crippen LogP contribution < -0.4 is 0 Å². The summed E-state index contributed by atoms with van der Waals surface area (Å²) in [4.78, 5) is 0. The van der Waals surface area contributed by atoms with Crippen molar-refractivity contribution in [3.05, 3.63) is 12.1 Å². The van der Waals surface area contributed by atoms with E-state index in [-0.39, 0.29) is 0 Å². The van der Waals surface area contributed by atoms with E-state index in [2.05, 4.69) is 9.47 Å². The lowest BCUT2D eigenvalue weighted by Crippen LogP contribution is -2.58. The number of hydrogen-bond acceptors (Lipinski definition) is 4. The Morgan fingerprint density at radius 2 is 1.41 bits per heavy atom. The van der Waals surface area contributed by atoms with Crippen molar-refractivity contribution in [1.82, 2.24) is 0 Å². The Hall–Kier alpha value is -1.25. The zero-order valence-electron chi connectivity index (χ0n) is 9.74. The van der Waals surface area contributed by atoms with Crippen molar-refractivity contribution in [2.45, 2.75) is 18.1 Å². The molecule has 0 N–H and O–H groups in total. The molecule has 0 aliphatic heterocycles. The second kappa shape index (κ2) is 6.47. The van der Waals surface area contributed by atoms with Crippen LogP contribution in [0.4, 0.5) is 43.4 Å². The third-order valence-corrected chi connectivity index (χ3v) is 2.39. The van der Waals surface area contributed by atoms with E-state index in [1.165, 1.54) is 0 Å². The van der Waals surface area contributed by atoms with Gasteiger partial charge < -0.3 is 9.47 Å². The summed E-state index contributed by atoms with van der Waals surface area (Å²) >= 11 is 0. The highest BCUT2D eigenvalue weighted by molar-refractivity contribution is 7.86. The largest absolute Gasteiger partial charge is 0.471 e. The van der Waals surface area contributed by atoms with Gasteiger partial charge in [0.05, 0.1) is 6.61 Å². The zero-order valence-corrected chi connectivity index (χ0v) is 10.6. The molecule has 22 heavy (non-hydrogen) atoms. The molecule has 0 aromatic heterocycles. The fourth-order valence-electron chi connectivity index (χ4n) is 0.829. The molecule has 132 valence electrons. The van der Waals surface area contributed by atoms with Gasteiger partial charge in [-0.25, -0.2) is 0 Å². The van der Waals surface area contributed by atoms with E-state index in [0.717, 1.165) is 0 Å². The van der Waals surface area contributed by atoms with Crippen LogP contribution in [-0.4, -0.2) is 38.9 Å². The molecule has 15 heteroatoms. The van der Waals surface area contributed by atoms with Gasteiger partial charge in [-0.15, -0.1) is 3.89 Å². The molecule has 1 atom stereocenters. The third-order valence-electron chi connectivity index (χ3n) is 1.73. The number of hydrogen-bond donors (Lipinski definition) is 0. The van der Waals surface area contributed by atoms with Crippen LogP contribution in [-0.2, 0) is 19.7 Å². The van der Waals surface area contributed by atoms with Crippen molar-refractivity contribution < 1.29 is 61.3 Å². The summed E-state index contributed by atoms with van der Waals surface area (Å²) < 4.78 is 148. The molecule has 0 aromatic carbocycles. The zero-order chi connectivity index (χ0) is 18.0. The van der Waals surface area contributed by atoms with E-state index in [0.29, 0.717) is 0 Å². The molecule has 0 aliphatic rings. The summed E-state index contributed by atoms with van der Waals surface area (Å²) in [5.41, 5.74) is 0. The molecule has 0 fully saturated rings. The van der Waals surface area contributed by atoms with Crippen molar-refractivity contribution in [1.29, 1.82) is 0 Å². The minimum Gasteiger partial charge on any atom is -0.398 e. The Labute approximate surface area is 115 Å². The molecule has 0 radical (unpaired) electrons. The van der Waals surface area contributed by atoms with E-state index >= 15 is 0 Å². The molecule has 0 saturated heterocycles. The molecule has 0 aliphatic carbocycles. The molecule has 1 unspecified atom stereocenters. The molecular formula is C7H4F10O4S. The van der Waals surface area contributed by atoms with Crippen LogP contribution in [0.15, 0.2) is 12.1 Å². The average Bonchev–Trinajstić information content (AvgIpc) is 2.24. The minimum atomic E-state index is -6.68. The Morgan fingerprint density at radius 1 is 0.955 bits per heavy atom. The molecule has 0 aromatic rings. The Balaban J connectivity index is 5.47. The van der Waals surface area contributed by atoms with Crippen LogP contribution in [0.25, 0.3) is 0 Å². The van der Waals surface area contributed by atoms with Crippen LogP contribution in [0, 0.1) is 0 Å². The van der Waals surface area contributed by atoms with E-state index in [4.69, 9.17) is 0 Å². The molecule has 0 bridgehead atoms. The van der Waals surface area contributed by atoms with Crippen LogP contribution >= 0.6 is 0 Å². The highest BCUT2D eigenvalue weighted by atomic mass is 32.3. The fourth-order valence-corrected chi connectivity index (χ4v) is 1.11. The summed E-state index contributed by atoms with van der Waals surface area (Å²) in [6, 6.07) is -3.53. The van der Waals surface area contributed by atoms with Crippen molar-refractivity contribution >= 4 is 10.2 Å². The maximum Gasteiger partial charge on any atom is 0.471 e. The van der Waals surface area contributed by atoms with E-state index < -0.39 is 52.8 Å². The van der Waals surface area contributed by atoms with Gasteiger partial charge in [-0.2, -0.15) is 47.9 Å². The summed E-state index contributed by atoms with van der Waals surface area (Å²) in [6.07, 6.45) is -16.7. The maximum absolute atomic E-state index is 13.3. The van der Waals surface area contributed by atoms with Gasteiger partial charge in [0.15, 0.2) is 0 Å². The number of ether oxygens (including phenoxy) is 2. The summed E-state index contributed by atoms with van der Waals surface area (Å²) in [5.74, 6) is -8.20. The van der Waals surface area contributed by atoms with Crippen LogP contribution in [0.3, 0.4) is 0 Å². The van der Waals surface area contributed by atoms with Crippen LogP contribution in [0.5, 0.6) is 0 Å². The van der Waals surface area contributed by atoms with E-state index in [1.54, 1.807) is 0 Å². The van der Waals surface area contributed by atoms with Crippen molar-refractivity contribution in [3.8, 4) is 0 Å². The van der Waals surface area contributed by atoms with Gasteiger partial charge in [0.1, 0.15) is 5.75 Å². The van der Waals surface area contributed by atoms with Gasteiger partial charge in [-0.05, 0) is 0 Å². The molecule has 4 nitrogen and oxygen atoms in total. The lowest BCUT2D eigenvalue weighted by atomic mass is 10.2. The molecule has 0 heterocycles. The van der Waals surface area contributed by atoms with E-state index in [1.807, 2.05) is 0 Å². The van der Waals surface area contributed by atoms with Crippen molar-refractivity contribution in [2.24, 2.45) is 0 Å². The SMILES string of the molecule is O=S(=O)(F)CCOC(F)(C(F)(F)F)C(F)(F)OC(F)=C(F)F. The van der Waals surface area contributed by atoms with Crippen LogP contribution in [0.1, 0.15) is 0 Å². The molecule has 0 saturated carbocycles. The monoisotopic (exact) mass is 374 g/mol. The Morgan fingerprint density at radius 3 is 1.73 bits per heavy atom. The molecule has 0 spiro atoms. The molecule has 0 rings (SSSR count). The van der Waals surface area contributed by atoms with Gasteiger partial charge in [0.2, 0.25) is 0 Å². The summed E-state index contributed by atoms with van der Waals surface area (Å²) in [5, 5.41) is 0. The topological polar surface area (TPSA) is 52.6 Å². The van der Waals surface area contributed by atoms with Gasteiger partial charge in [-0.3, -0.25) is 0 Å². The first-order valence-electron chi connectivity index (χ1n) is 4.63. The fraction of sp³-hybridized carbons (Fsp3) is 0.714. The first-order valence-corrected chi connectivity index (χ1v) is 6.18. The predicted molar refractivity (Wildman–Crippen MR) is 47.1 cm³/mol. The normalized spacial score (nSPS) is 16.1. The van der Waals surface area contributed by atoms with Crippen molar-refractivity contribution in [2.75, 3.05) is 12.4 Å². The van der Waals surface area contributed by atoms with Crippen molar-refractivity contribution in [3.63, 3.8) is 0 Å². The lowest BCUT2D eigenvalue weighted by molar-refractivity contribution is -0.454. The van der Waals surface area contributed by atoms with Crippen LogP contribution in [0.2, 0.25) is 0 Å². The van der Waals surface area contributed by atoms with Gasteiger partial charge in [-0.1, -0.05) is 0 Å².